The molecule has 1 amide bonds. The number of carboxylic acids is 1. The van der Waals surface area contributed by atoms with Crippen LogP contribution in [0.2, 0.25) is 0 Å². The van der Waals surface area contributed by atoms with E-state index in [1.54, 1.807) is 18.2 Å². The molecule has 0 fully saturated rings. The number of carbonyl (C=O) groups excluding carboxylic acids is 1. The maximum Gasteiger partial charge on any atom is 0.305 e. The van der Waals surface area contributed by atoms with E-state index in [9.17, 15) is 9.59 Å². The van der Waals surface area contributed by atoms with Gasteiger partial charge in [0, 0.05) is 18.7 Å². The number of aliphatic hydroxyl groups is 1. The first kappa shape index (κ1) is 17.1. The Morgan fingerprint density at radius 1 is 1.24 bits per heavy atom. The van der Waals surface area contributed by atoms with E-state index in [-0.39, 0.29) is 38.7 Å². The van der Waals surface area contributed by atoms with Crippen LogP contribution in [0.1, 0.15) is 22.3 Å². The number of carbonyl (C=O) groups is 2. The molecule has 116 valence electrons. The first-order chi connectivity index (χ1) is 10.0. The molecule has 6 nitrogen and oxygen atoms in total. The van der Waals surface area contributed by atoms with Gasteiger partial charge in [-0.3, -0.25) is 9.59 Å². The van der Waals surface area contributed by atoms with Crippen LogP contribution in [-0.4, -0.2) is 59.9 Å². The van der Waals surface area contributed by atoms with E-state index in [4.69, 9.17) is 14.9 Å². The summed E-state index contributed by atoms with van der Waals surface area (Å²) < 4.78 is 5.14. The summed E-state index contributed by atoms with van der Waals surface area (Å²) in [5.41, 5.74) is 1.50. The van der Waals surface area contributed by atoms with Crippen molar-refractivity contribution >= 4 is 11.9 Å². The number of benzene rings is 1. The molecule has 1 aromatic rings. The van der Waals surface area contributed by atoms with Gasteiger partial charge in [-0.2, -0.15) is 0 Å². The van der Waals surface area contributed by atoms with Crippen LogP contribution in [0.5, 0.6) is 0 Å². The number of nitrogens with zero attached hydrogens (tertiary/aromatic N) is 1. The summed E-state index contributed by atoms with van der Waals surface area (Å²) >= 11 is 0. The number of hydrogen-bond acceptors (Lipinski definition) is 4. The summed E-state index contributed by atoms with van der Waals surface area (Å²) in [7, 11) is 0. The minimum atomic E-state index is -0.951. The SMILES string of the molecule is Cc1cccc(C(=O)N(CCOCCO)CCC(=O)O)c1. The molecule has 0 aromatic heterocycles. The van der Waals surface area contributed by atoms with Gasteiger partial charge in [0.05, 0.1) is 26.2 Å². The number of aryl methyl sites for hydroxylation is 1. The van der Waals surface area contributed by atoms with Crippen LogP contribution in [0, 0.1) is 6.92 Å². The molecule has 0 atom stereocenters. The molecule has 0 spiro atoms. The zero-order valence-corrected chi connectivity index (χ0v) is 12.1. The molecule has 0 heterocycles. The second-order valence-corrected chi connectivity index (χ2v) is 4.64. The molecular weight excluding hydrogens is 274 g/mol. The third-order valence-corrected chi connectivity index (χ3v) is 2.89. The van der Waals surface area contributed by atoms with Crippen LogP contribution in [0.15, 0.2) is 24.3 Å². The highest BCUT2D eigenvalue weighted by atomic mass is 16.5. The quantitative estimate of drug-likeness (QED) is 0.662. The molecule has 0 saturated carbocycles. The Bertz CT molecular complexity index is 475. The summed E-state index contributed by atoms with van der Waals surface area (Å²) in [5, 5.41) is 17.4. The molecule has 0 unspecified atom stereocenters. The Morgan fingerprint density at radius 2 is 2.00 bits per heavy atom. The number of carboxylic acid groups (broad SMARTS) is 1. The molecule has 0 radical (unpaired) electrons. The van der Waals surface area contributed by atoms with Gasteiger partial charge in [-0.15, -0.1) is 0 Å². The lowest BCUT2D eigenvalue weighted by atomic mass is 10.1. The first-order valence-corrected chi connectivity index (χ1v) is 6.81. The van der Waals surface area contributed by atoms with E-state index in [1.807, 2.05) is 13.0 Å². The standard InChI is InChI=1S/C15H21NO5/c1-12-3-2-4-13(11-12)15(20)16(6-5-14(18)19)7-9-21-10-8-17/h2-4,11,17H,5-10H2,1H3,(H,18,19). The van der Waals surface area contributed by atoms with Crippen molar-refractivity contribution in [1.82, 2.24) is 4.90 Å². The number of aliphatic carboxylic acids is 1. The average molecular weight is 295 g/mol. The minimum absolute atomic E-state index is 0.0824. The molecule has 6 heteroatoms. The van der Waals surface area contributed by atoms with E-state index in [0.717, 1.165) is 5.56 Å². The van der Waals surface area contributed by atoms with Crippen molar-refractivity contribution in [2.24, 2.45) is 0 Å². The fraction of sp³-hybridized carbons (Fsp3) is 0.467. The highest BCUT2D eigenvalue weighted by Gasteiger charge is 2.16. The lowest BCUT2D eigenvalue weighted by molar-refractivity contribution is -0.137. The van der Waals surface area contributed by atoms with Crippen molar-refractivity contribution < 1.29 is 24.5 Å². The van der Waals surface area contributed by atoms with Gasteiger partial charge in [-0.05, 0) is 19.1 Å². The molecule has 1 rings (SSSR count). The molecule has 0 bridgehead atoms. The van der Waals surface area contributed by atoms with Gasteiger partial charge in [-0.1, -0.05) is 17.7 Å². The fourth-order valence-electron chi connectivity index (χ4n) is 1.85. The second-order valence-electron chi connectivity index (χ2n) is 4.64. The monoisotopic (exact) mass is 295 g/mol. The normalized spacial score (nSPS) is 10.4. The van der Waals surface area contributed by atoms with Crippen LogP contribution in [0.4, 0.5) is 0 Å². The van der Waals surface area contributed by atoms with Gasteiger partial charge in [0.25, 0.3) is 5.91 Å². The zero-order chi connectivity index (χ0) is 15.7. The largest absolute Gasteiger partial charge is 0.481 e. The van der Waals surface area contributed by atoms with Gasteiger partial charge in [0.2, 0.25) is 0 Å². The van der Waals surface area contributed by atoms with E-state index in [0.29, 0.717) is 12.1 Å². The Balaban J connectivity index is 2.69. The van der Waals surface area contributed by atoms with Crippen molar-refractivity contribution in [3.63, 3.8) is 0 Å². The molecule has 0 saturated heterocycles. The number of aliphatic hydroxyl groups excluding tert-OH is 1. The Labute approximate surface area is 124 Å². The lowest BCUT2D eigenvalue weighted by Crippen LogP contribution is -2.36. The summed E-state index contributed by atoms with van der Waals surface area (Å²) in [4.78, 5) is 24.6. The minimum Gasteiger partial charge on any atom is -0.481 e. The first-order valence-electron chi connectivity index (χ1n) is 6.81. The van der Waals surface area contributed by atoms with Crippen LogP contribution in [0.3, 0.4) is 0 Å². The third-order valence-electron chi connectivity index (χ3n) is 2.89. The maximum atomic E-state index is 12.4. The van der Waals surface area contributed by atoms with E-state index < -0.39 is 5.97 Å². The van der Waals surface area contributed by atoms with Crippen LogP contribution >= 0.6 is 0 Å². The molecule has 21 heavy (non-hydrogen) atoms. The molecule has 0 aliphatic carbocycles. The highest BCUT2D eigenvalue weighted by molar-refractivity contribution is 5.94. The number of amides is 1. The van der Waals surface area contributed by atoms with E-state index >= 15 is 0 Å². The number of rotatable bonds is 9. The van der Waals surface area contributed by atoms with Gasteiger partial charge in [0.15, 0.2) is 0 Å². The van der Waals surface area contributed by atoms with Crippen LogP contribution in [-0.2, 0) is 9.53 Å². The Morgan fingerprint density at radius 3 is 2.62 bits per heavy atom. The van der Waals surface area contributed by atoms with Crippen molar-refractivity contribution in [1.29, 1.82) is 0 Å². The van der Waals surface area contributed by atoms with Crippen molar-refractivity contribution in [2.45, 2.75) is 13.3 Å². The predicted octanol–water partition coefficient (Wildman–Crippen LogP) is 0.921. The zero-order valence-electron chi connectivity index (χ0n) is 12.1. The third kappa shape index (κ3) is 6.37. The van der Waals surface area contributed by atoms with Gasteiger partial charge in [-0.25, -0.2) is 0 Å². The molecule has 0 aliphatic heterocycles. The predicted molar refractivity (Wildman–Crippen MR) is 77.2 cm³/mol. The number of ether oxygens (including phenoxy) is 1. The van der Waals surface area contributed by atoms with Crippen molar-refractivity contribution in [3.05, 3.63) is 35.4 Å². The molecule has 2 N–H and O–H groups in total. The second kappa shape index (κ2) is 9.10. The summed E-state index contributed by atoms with van der Waals surface area (Å²) in [5.74, 6) is -1.17. The van der Waals surface area contributed by atoms with Crippen LogP contribution < -0.4 is 0 Å². The highest BCUT2D eigenvalue weighted by Crippen LogP contribution is 2.08. The van der Waals surface area contributed by atoms with E-state index in [1.165, 1.54) is 4.90 Å². The van der Waals surface area contributed by atoms with Crippen molar-refractivity contribution in [2.75, 3.05) is 32.9 Å². The Hall–Kier alpha value is -1.92. The average Bonchev–Trinajstić information content (AvgIpc) is 2.45. The van der Waals surface area contributed by atoms with Gasteiger partial charge in [0.1, 0.15) is 0 Å². The summed E-state index contributed by atoms with van der Waals surface area (Å²) in [6.07, 6.45) is -0.114. The fourth-order valence-corrected chi connectivity index (χ4v) is 1.85. The number of hydrogen-bond donors (Lipinski definition) is 2. The summed E-state index contributed by atoms with van der Waals surface area (Å²) in [6, 6.07) is 7.16. The molecule has 0 aliphatic rings. The van der Waals surface area contributed by atoms with Gasteiger partial charge >= 0.3 is 5.97 Å². The van der Waals surface area contributed by atoms with E-state index in [2.05, 4.69) is 0 Å². The lowest BCUT2D eigenvalue weighted by Gasteiger charge is -2.22. The maximum absolute atomic E-state index is 12.4. The Kier molecular flexibility index (Phi) is 7.42. The smallest absolute Gasteiger partial charge is 0.305 e. The molecule has 1 aromatic carbocycles. The molecular formula is C15H21NO5. The van der Waals surface area contributed by atoms with Crippen molar-refractivity contribution in [3.8, 4) is 0 Å². The van der Waals surface area contributed by atoms with Gasteiger partial charge < -0.3 is 19.8 Å². The topological polar surface area (TPSA) is 87.1 Å². The summed E-state index contributed by atoms with van der Waals surface area (Å²) in [6.45, 7) is 2.69. The van der Waals surface area contributed by atoms with Crippen LogP contribution in [0.25, 0.3) is 0 Å².